The molecule has 2 rings (SSSR count). The Morgan fingerprint density at radius 1 is 1.47 bits per heavy atom. The quantitative estimate of drug-likeness (QED) is 0.654. The molecule has 0 spiro atoms. The van der Waals surface area contributed by atoms with Crippen molar-refractivity contribution in [2.45, 2.75) is 13.0 Å². The van der Waals surface area contributed by atoms with Crippen LogP contribution in [0.5, 0.6) is 0 Å². The van der Waals surface area contributed by atoms with E-state index in [0.29, 0.717) is 18.5 Å². The molecule has 2 aromatic rings. The van der Waals surface area contributed by atoms with Crippen molar-refractivity contribution in [3.05, 3.63) is 57.9 Å². The largest absolute Gasteiger partial charge is 0.330 e. The number of hydrogen-bond acceptors (Lipinski definition) is 4. The van der Waals surface area contributed by atoms with Gasteiger partial charge in [-0.1, -0.05) is 0 Å². The SMILES string of the molecule is NCCc1nccn1Cc1cc(F)ccc1[N+](=O)[O-]. The number of halogens is 1. The van der Waals surface area contributed by atoms with Crippen LogP contribution in [-0.4, -0.2) is 21.0 Å². The van der Waals surface area contributed by atoms with Crippen LogP contribution >= 0.6 is 0 Å². The fraction of sp³-hybridized carbons (Fsp3) is 0.250. The van der Waals surface area contributed by atoms with E-state index in [4.69, 9.17) is 5.73 Å². The molecule has 2 N–H and O–H groups in total. The number of benzene rings is 1. The molecule has 1 aromatic heterocycles. The van der Waals surface area contributed by atoms with Gasteiger partial charge in [-0.3, -0.25) is 10.1 Å². The molecule has 0 saturated heterocycles. The molecule has 0 radical (unpaired) electrons. The van der Waals surface area contributed by atoms with Crippen LogP contribution in [0.1, 0.15) is 11.4 Å². The van der Waals surface area contributed by atoms with Gasteiger partial charge < -0.3 is 10.3 Å². The maximum atomic E-state index is 13.2. The van der Waals surface area contributed by atoms with Crippen LogP contribution < -0.4 is 5.73 Å². The third-order valence-corrected chi connectivity index (χ3v) is 2.75. The van der Waals surface area contributed by atoms with Gasteiger partial charge >= 0.3 is 0 Å². The van der Waals surface area contributed by atoms with Crippen LogP contribution in [0.15, 0.2) is 30.6 Å². The van der Waals surface area contributed by atoms with Crippen LogP contribution in [0.4, 0.5) is 10.1 Å². The van der Waals surface area contributed by atoms with Crippen LogP contribution in [-0.2, 0) is 13.0 Å². The van der Waals surface area contributed by atoms with E-state index >= 15 is 0 Å². The zero-order valence-electron chi connectivity index (χ0n) is 10.1. The summed E-state index contributed by atoms with van der Waals surface area (Å²) < 4.78 is 15.0. The van der Waals surface area contributed by atoms with Crippen LogP contribution in [0, 0.1) is 15.9 Å². The highest BCUT2D eigenvalue weighted by Gasteiger charge is 2.15. The molecule has 19 heavy (non-hydrogen) atoms. The van der Waals surface area contributed by atoms with E-state index < -0.39 is 10.7 Å². The van der Waals surface area contributed by atoms with Crippen molar-refractivity contribution in [1.29, 1.82) is 0 Å². The van der Waals surface area contributed by atoms with E-state index in [1.165, 1.54) is 12.1 Å². The molecule has 0 bridgehead atoms. The minimum Gasteiger partial charge on any atom is -0.330 e. The maximum Gasteiger partial charge on any atom is 0.274 e. The lowest BCUT2D eigenvalue weighted by atomic mass is 10.1. The van der Waals surface area contributed by atoms with Gasteiger partial charge in [-0.25, -0.2) is 9.37 Å². The van der Waals surface area contributed by atoms with Crippen LogP contribution in [0.3, 0.4) is 0 Å². The van der Waals surface area contributed by atoms with E-state index in [2.05, 4.69) is 4.98 Å². The van der Waals surface area contributed by atoms with Gasteiger partial charge in [0, 0.05) is 24.9 Å². The topological polar surface area (TPSA) is 87.0 Å². The van der Waals surface area contributed by atoms with E-state index in [9.17, 15) is 14.5 Å². The maximum absolute atomic E-state index is 13.2. The predicted octanol–water partition coefficient (Wildman–Crippen LogP) is 1.48. The van der Waals surface area contributed by atoms with E-state index in [0.717, 1.165) is 11.9 Å². The molecular formula is C12H13FN4O2. The average molecular weight is 264 g/mol. The van der Waals surface area contributed by atoms with Crippen molar-refractivity contribution in [2.75, 3.05) is 6.54 Å². The monoisotopic (exact) mass is 264 g/mol. The second kappa shape index (κ2) is 5.57. The summed E-state index contributed by atoms with van der Waals surface area (Å²) >= 11 is 0. The summed E-state index contributed by atoms with van der Waals surface area (Å²) in [5.41, 5.74) is 5.67. The highest BCUT2D eigenvalue weighted by Crippen LogP contribution is 2.21. The number of nitrogens with zero attached hydrogens (tertiary/aromatic N) is 3. The molecule has 6 nitrogen and oxygen atoms in total. The lowest BCUT2D eigenvalue weighted by Gasteiger charge is -2.08. The van der Waals surface area contributed by atoms with Gasteiger partial charge in [0.1, 0.15) is 11.6 Å². The summed E-state index contributed by atoms with van der Waals surface area (Å²) in [4.78, 5) is 14.5. The third-order valence-electron chi connectivity index (χ3n) is 2.75. The number of nitrogens with two attached hydrogens (primary N) is 1. The molecule has 0 fully saturated rings. The molecule has 100 valence electrons. The molecule has 0 amide bonds. The van der Waals surface area contributed by atoms with Crippen molar-refractivity contribution in [3.8, 4) is 0 Å². The zero-order valence-corrected chi connectivity index (χ0v) is 10.1. The van der Waals surface area contributed by atoms with Gasteiger partial charge in [0.05, 0.1) is 17.0 Å². The van der Waals surface area contributed by atoms with Crippen molar-refractivity contribution < 1.29 is 9.31 Å². The van der Waals surface area contributed by atoms with Gasteiger partial charge in [0.25, 0.3) is 5.69 Å². The van der Waals surface area contributed by atoms with Gasteiger partial charge in [-0.15, -0.1) is 0 Å². The number of imidazole rings is 1. The van der Waals surface area contributed by atoms with E-state index in [1.807, 2.05) is 0 Å². The third kappa shape index (κ3) is 2.94. The molecule has 0 aliphatic rings. The smallest absolute Gasteiger partial charge is 0.274 e. The van der Waals surface area contributed by atoms with Crippen LogP contribution in [0.2, 0.25) is 0 Å². The van der Waals surface area contributed by atoms with Crippen molar-refractivity contribution in [3.63, 3.8) is 0 Å². The second-order valence-electron chi connectivity index (χ2n) is 4.04. The average Bonchev–Trinajstić information content (AvgIpc) is 2.77. The molecular weight excluding hydrogens is 251 g/mol. The first kappa shape index (κ1) is 13.2. The molecule has 1 heterocycles. The van der Waals surface area contributed by atoms with Gasteiger partial charge in [-0.2, -0.15) is 0 Å². The van der Waals surface area contributed by atoms with Gasteiger partial charge in [0.15, 0.2) is 0 Å². The molecule has 0 aliphatic heterocycles. The Morgan fingerprint density at radius 2 is 2.26 bits per heavy atom. The first-order valence-electron chi connectivity index (χ1n) is 5.74. The normalized spacial score (nSPS) is 10.6. The number of aromatic nitrogens is 2. The first-order valence-corrected chi connectivity index (χ1v) is 5.74. The van der Waals surface area contributed by atoms with Crippen molar-refractivity contribution >= 4 is 5.69 Å². The van der Waals surface area contributed by atoms with Crippen molar-refractivity contribution in [2.24, 2.45) is 5.73 Å². The lowest BCUT2D eigenvalue weighted by molar-refractivity contribution is -0.385. The minimum absolute atomic E-state index is 0.103. The minimum atomic E-state index is -0.520. The molecule has 0 unspecified atom stereocenters. The summed E-state index contributed by atoms with van der Waals surface area (Å²) in [6, 6.07) is 3.42. The Morgan fingerprint density at radius 3 is 2.95 bits per heavy atom. The van der Waals surface area contributed by atoms with E-state index in [1.54, 1.807) is 17.0 Å². The fourth-order valence-electron chi connectivity index (χ4n) is 1.88. The first-order chi connectivity index (χ1) is 9.11. The fourth-order valence-corrected chi connectivity index (χ4v) is 1.88. The second-order valence-corrected chi connectivity index (χ2v) is 4.04. The van der Waals surface area contributed by atoms with Gasteiger partial charge in [-0.05, 0) is 18.7 Å². The lowest BCUT2D eigenvalue weighted by Crippen LogP contribution is -2.11. The van der Waals surface area contributed by atoms with Crippen molar-refractivity contribution in [1.82, 2.24) is 9.55 Å². The summed E-state index contributed by atoms with van der Waals surface area (Å²) in [5, 5.41) is 10.9. The van der Waals surface area contributed by atoms with E-state index in [-0.39, 0.29) is 12.2 Å². The standard InChI is InChI=1S/C12H13FN4O2/c13-10-1-2-11(17(18)19)9(7-10)8-16-6-5-15-12(16)3-4-14/h1-2,5-7H,3-4,8,14H2. The predicted molar refractivity (Wildman–Crippen MR) is 67.1 cm³/mol. The molecule has 0 aliphatic carbocycles. The van der Waals surface area contributed by atoms with Crippen LogP contribution in [0.25, 0.3) is 0 Å². The Balaban J connectivity index is 2.34. The highest BCUT2D eigenvalue weighted by molar-refractivity contribution is 5.40. The summed E-state index contributed by atoms with van der Waals surface area (Å²) in [5.74, 6) is 0.224. The number of rotatable bonds is 5. The van der Waals surface area contributed by atoms with Gasteiger partial charge in [0.2, 0.25) is 0 Å². The Hall–Kier alpha value is -2.28. The molecule has 1 aromatic carbocycles. The molecule has 0 saturated carbocycles. The summed E-state index contributed by atoms with van der Waals surface area (Å²) in [7, 11) is 0. The summed E-state index contributed by atoms with van der Waals surface area (Å²) in [6.07, 6.45) is 3.85. The number of nitro groups is 1. The Kier molecular flexibility index (Phi) is 3.86. The Bertz CT molecular complexity index is 597. The highest BCUT2D eigenvalue weighted by atomic mass is 19.1. The summed E-state index contributed by atoms with van der Waals surface area (Å²) in [6.45, 7) is 0.631. The molecule has 7 heteroatoms. The number of hydrogen-bond donors (Lipinski definition) is 1. The zero-order chi connectivity index (χ0) is 13.8. The molecule has 0 atom stereocenters. The Labute approximate surface area is 108 Å². The number of nitro benzene ring substituents is 1.